The average molecular weight is 499 g/mol. The highest BCUT2D eigenvalue weighted by molar-refractivity contribution is 6.30. The van der Waals surface area contributed by atoms with Gasteiger partial charge in [-0.05, 0) is 54.7 Å². The average Bonchev–Trinajstić information content (AvgIpc) is 3.18. The van der Waals surface area contributed by atoms with Crippen molar-refractivity contribution in [1.82, 2.24) is 9.47 Å². The normalized spacial score (nSPS) is 17.1. The van der Waals surface area contributed by atoms with Gasteiger partial charge in [0.1, 0.15) is 12.4 Å². The first-order chi connectivity index (χ1) is 16.9. The van der Waals surface area contributed by atoms with Gasteiger partial charge in [0.2, 0.25) is 5.91 Å². The molecule has 0 atom stereocenters. The van der Waals surface area contributed by atoms with E-state index in [4.69, 9.17) is 16.3 Å². The van der Waals surface area contributed by atoms with Crippen molar-refractivity contribution < 1.29 is 23.8 Å². The number of ether oxygens (including phenoxy) is 1. The zero-order valence-corrected chi connectivity index (χ0v) is 20.2. The number of rotatable bonds is 5. The van der Waals surface area contributed by atoms with Crippen molar-refractivity contribution in [2.24, 2.45) is 0 Å². The summed E-state index contributed by atoms with van der Waals surface area (Å²) in [5.41, 5.74) is 2.78. The minimum atomic E-state index is -1.04. The lowest BCUT2D eigenvalue weighted by Gasteiger charge is -2.28. The summed E-state index contributed by atoms with van der Waals surface area (Å²) in [6, 6.07) is 9.61. The highest BCUT2D eigenvalue weighted by Gasteiger charge is 2.30. The molecule has 0 radical (unpaired) electrons. The lowest BCUT2D eigenvalue weighted by Crippen LogP contribution is -2.42. The third-order valence-corrected chi connectivity index (χ3v) is 7.44. The quantitative estimate of drug-likeness (QED) is 0.489. The molecule has 8 heteroatoms. The van der Waals surface area contributed by atoms with E-state index in [-0.39, 0.29) is 23.9 Å². The second-order valence-corrected chi connectivity index (χ2v) is 9.77. The van der Waals surface area contributed by atoms with Gasteiger partial charge in [0, 0.05) is 29.1 Å². The molecule has 2 aliphatic rings. The van der Waals surface area contributed by atoms with Gasteiger partial charge in [0.15, 0.2) is 0 Å². The van der Waals surface area contributed by atoms with Crippen LogP contribution in [0.25, 0.3) is 22.2 Å². The molecule has 2 heterocycles. The summed E-state index contributed by atoms with van der Waals surface area (Å²) in [4.78, 5) is 26.9. The van der Waals surface area contributed by atoms with Crippen LogP contribution in [0.4, 0.5) is 4.39 Å². The molecule has 2 fully saturated rings. The molecule has 0 spiro atoms. The van der Waals surface area contributed by atoms with Crippen LogP contribution in [0.1, 0.15) is 53.9 Å². The molecule has 1 amide bonds. The molecule has 1 saturated carbocycles. The van der Waals surface area contributed by atoms with E-state index in [1.54, 1.807) is 29.2 Å². The number of carbonyl (C=O) groups is 2. The largest absolute Gasteiger partial charge is 0.478 e. The van der Waals surface area contributed by atoms with Crippen molar-refractivity contribution in [3.63, 3.8) is 0 Å². The second kappa shape index (κ2) is 9.99. The first kappa shape index (κ1) is 23.8. The summed E-state index contributed by atoms with van der Waals surface area (Å²) < 4.78 is 22.6. The fourth-order valence-electron chi connectivity index (χ4n) is 5.50. The molecule has 35 heavy (non-hydrogen) atoms. The number of nitrogens with zero attached hydrogens (tertiary/aromatic N) is 2. The Kier molecular flexibility index (Phi) is 6.80. The molecule has 0 unspecified atom stereocenters. The minimum absolute atomic E-state index is 0.0102. The predicted molar refractivity (Wildman–Crippen MR) is 133 cm³/mol. The Hall–Kier alpha value is -2.90. The van der Waals surface area contributed by atoms with Gasteiger partial charge in [-0.25, -0.2) is 9.18 Å². The van der Waals surface area contributed by atoms with Gasteiger partial charge in [-0.2, -0.15) is 0 Å². The van der Waals surface area contributed by atoms with Crippen molar-refractivity contribution in [2.75, 3.05) is 26.3 Å². The third-order valence-electron chi connectivity index (χ3n) is 7.21. The number of hydrogen-bond acceptors (Lipinski definition) is 3. The number of morpholine rings is 1. The molecule has 5 rings (SSSR count). The molecule has 1 saturated heterocycles. The summed E-state index contributed by atoms with van der Waals surface area (Å²) in [6.07, 6.45) is 5.27. The van der Waals surface area contributed by atoms with Gasteiger partial charge in [-0.15, -0.1) is 0 Å². The van der Waals surface area contributed by atoms with Crippen molar-refractivity contribution in [3.8, 4) is 11.3 Å². The molecule has 1 aliphatic carbocycles. The maximum atomic E-state index is 15.4. The van der Waals surface area contributed by atoms with Crippen LogP contribution in [-0.2, 0) is 16.1 Å². The second-order valence-electron chi connectivity index (χ2n) is 9.34. The van der Waals surface area contributed by atoms with E-state index < -0.39 is 11.8 Å². The summed E-state index contributed by atoms with van der Waals surface area (Å²) in [5, 5.41) is 10.8. The number of fused-ring (bicyclic) bond motifs is 1. The van der Waals surface area contributed by atoms with Crippen LogP contribution < -0.4 is 0 Å². The maximum absolute atomic E-state index is 15.4. The Morgan fingerprint density at radius 2 is 1.80 bits per heavy atom. The van der Waals surface area contributed by atoms with Crippen LogP contribution in [0.3, 0.4) is 0 Å². The van der Waals surface area contributed by atoms with E-state index in [1.165, 1.54) is 12.5 Å². The maximum Gasteiger partial charge on any atom is 0.335 e. The van der Waals surface area contributed by atoms with E-state index in [1.807, 2.05) is 10.6 Å². The zero-order valence-electron chi connectivity index (χ0n) is 19.4. The van der Waals surface area contributed by atoms with Crippen molar-refractivity contribution >= 4 is 34.4 Å². The summed E-state index contributed by atoms with van der Waals surface area (Å²) >= 11 is 6.07. The minimum Gasteiger partial charge on any atom is -0.478 e. The van der Waals surface area contributed by atoms with Crippen LogP contribution in [0, 0.1) is 5.82 Å². The smallest absolute Gasteiger partial charge is 0.335 e. The number of carboxylic acid groups (broad SMARTS) is 1. The Morgan fingerprint density at radius 3 is 2.49 bits per heavy atom. The third kappa shape index (κ3) is 4.67. The lowest BCUT2D eigenvalue weighted by molar-refractivity contribution is -0.135. The molecule has 1 N–H and O–H groups in total. The lowest BCUT2D eigenvalue weighted by atomic mass is 9.81. The molecule has 1 aromatic heterocycles. The predicted octanol–water partition coefficient (Wildman–Crippen LogP) is 5.71. The SMILES string of the molecule is O=C(O)c1ccc2c(C3CCCCC3)c(-c3ccc(Cl)cc3F)n(CC(=O)N3CCOCC3)c2c1. The van der Waals surface area contributed by atoms with Gasteiger partial charge < -0.3 is 19.3 Å². The number of halogens is 2. The van der Waals surface area contributed by atoms with Gasteiger partial charge >= 0.3 is 5.97 Å². The molecule has 184 valence electrons. The van der Waals surface area contributed by atoms with Crippen molar-refractivity contribution in [1.29, 1.82) is 0 Å². The summed E-state index contributed by atoms with van der Waals surface area (Å²) in [6.45, 7) is 1.95. The summed E-state index contributed by atoms with van der Waals surface area (Å²) in [5.74, 6) is -1.41. The fourth-order valence-corrected chi connectivity index (χ4v) is 5.66. The van der Waals surface area contributed by atoms with E-state index in [0.717, 1.165) is 36.6 Å². The number of benzene rings is 2. The monoisotopic (exact) mass is 498 g/mol. The van der Waals surface area contributed by atoms with Crippen molar-refractivity contribution in [2.45, 2.75) is 44.6 Å². The van der Waals surface area contributed by atoms with Gasteiger partial charge in [-0.3, -0.25) is 4.79 Å². The highest BCUT2D eigenvalue weighted by atomic mass is 35.5. The van der Waals surface area contributed by atoms with Crippen LogP contribution in [0.5, 0.6) is 0 Å². The standard InChI is InChI=1S/C27H28ClFN2O4/c28-19-7-9-20(22(29)15-19)26-25(17-4-2-1-3-5-17)21-8-6-18(27(33)34)14-23(21)31(26)16-24(32)30-10-12-35-13-11-30/h6-9,14-15,17H,1-5,10-13,16H2,(H,33,34). The Bertz CT molecular complexity index is 1280. The molecule has 2 aromatic carbocycles. The van der Waals surface area contributed by atoms with Crippen LogP contribution in [-0.4, -0.2) is 52.8 Å². The number of carboxylic acids is 1. The number of aromatic nitrogens is 1. The van der Waals surface area contributed by atoms with Crippen LogP contribution >= 0.6 is 11.6 Å². The molecule has 6 nitrogen and oxygen atoms in total. The van der Waals surface area contributed by atoms with Gasteiger partial charge in [-0.1, -0.05) is 36.9 Å². The summed E-state index contributed by atoms with van der Waals surface area (Å²) in [7, 11) is 0. The Morgan fingerprint density at radius 1 is 1.06 bits per heavy atom. The number of carbonyl (C=O) groups excluding carboxylic acids is 1. The molecular weight excluding hydrogens is 471 g/mol. The molecule has 0 bridgehead atoms. The zero-order chi connectivity index (χ0) is 24.5. The van der Waals surface area contributed by atoms with Crippen molar-refractivity contribution in [3.05, 3.63) is 58.4 Å². The topological polar surface area (TPSA) is 71.8 Å². The first-order valence-electron chi connectivity index (χ1n) is 12.1. The van der Waals surface area contributed by atoms with Gasteiger partial charge in [0.05, 0.1) is 30.0 Å². The van der Waals surface area contributed by atoms with Crippen LogP contribution in [0.15, 0.2) is 36.4 Å². The van der Waals surface area contributed by atoms with E-state index in [0.29, 0.717) is 48.1 Å². The van der Waals surface area contributed by atoms with E-state index in [9.17, 15) is 14.7 Å². The first-order valence-corrected chi connectivity index (χ1v) is 12.5. The van der Waals surface area contributed by atoms with E-state index in [2.05, 4.69) is 0 Å². The fraction of sp³-hybridized carbons (Fsp3) is 0.407. The molecule has 1 aliphatic heterocycles. The van der Waals surface area contributed by atoms with Gasteiger partial charge in [0.25, 0.3) is 0 Å². The number of aromatic carboxylic acids is 1. The molecular formula is C27H28ClFN2O4. The van der Waals surface area contributed by atoms with Crippen LogP contribution in [0.2, 0.25) is 5.02 Å². The molecule has 3 aromatic rings. The number of hydrogen-bond donors (Lipinski definition) is 1. The highest BCUT2D eigenvalue weighted by Crippen LogP contribution is 2.45. The Labute approximate surface area is 208 Å². The number of amides is 1. The van der Waals surface area contributed by atoms with E-state index >= 15 is 4.39 Å². The Balaban J connectivity index is 1.75.